The Morgan fingerprint density at radius 2 is 2.12 bits per heavy atom. The van der Waals surface area contributed by atoms with Gasteiger partial charge >= 0.3 is 0 Å². The van der Waals surface area contributed by atoms with Crippen molar-refractivity contribution in [2.24, 2.45) is 5.92 Å². The van der Waals surface area contributed by atoms with Gasteiger partial charge in [0, 0.05) is 18.7 Å². The van der Waals surface area contributed by atoms with E-state index in [0.717, 1.165) is 44.6 Å². The molecule has 1 aliphatic heterocycles. The Morgan fingerprint density at radius 3 is 2.83 bits per heavy atom. The molecule has 0 aromatic heterocycles. The fourth-order valence-electron chi connectivity index (χ4n) is 3.01. The van der Waals surface area contributed by atoms with Gasteiger partial charge in [-0.25, -0.2) is 0 Å². The molecule has 0 bridgehead atoms. The second-order valence-corrected chi connectivity index (χ2v) is 6.26. The third-order valence-electron chi connectivity index (χ3n) is 4.31. The summed E-state index contributed by atoms with van der Waals surface area (Å²) in [4.78, 5) is 14.7. The van der Waals surface area contributed by atoms with Gasteiger partial charge < -0.3 is 19.7 Å². The lowest BCUT2D eigenvalue weighted by molar-refractivity contribution is 0.0786. The van der Waals surface area contributed by atoms with Crippen LogP contribution >= 0.6 is 0 Å². The van der Waals surface area contributed by atoms with E-state index in [1.54, 1.807) is 0 Å². The van der Waals surface area contributed by atoms with Crippen LogP contribution in [0, 0.1) is 5.92 Å². The lowest BCUT2D eigenvalue weighted by atomic mass is 10.1. The molecule has 1 saturated heterocycles. The molecular weight excluding hydrogens is 304 g/mol. The molecule has 2 rings (SSSR count). The molecule has 1 heterocycles. The summed E-state index contributed by atoms with van der Waals surface area (Å²) in [6.45, 7) is 7.89. The first-order valence-corrected chi connectivity index (χ1v) is 9.03. The third-order valence-corrected chi connectivity index (χ3v) is 4.31. The van der Waals surface area contributed by atoms with Crippen LogP contribution in [0.15, 0.2) is 18.2 Å². The van der Waals surface area contributed by atoms with Crippen molar-refractivity contribution in [2.75, 3.05) is 39.9 Å². The summed E-state index contributed by atoms with van der Waals surface area (Å²) in [6.07, 6.45) is 3.15. The molecule has 5 heteroatoms. The van der Waals surface area contributed by atoms with Crippen LogP contribution in [0.3, 0.4) is 0 Å². The molecule has 0 spiro atoms. The fraction of sp³-hybridized carbons (Fsp3) is 0.632. The van der Waals surface area contributed by atoms with Gasteiger partial charge in [0.25, 0.3) is 5.91 Å². The molecule has 1 aromatic rings. The van der Waals surface area contributed by atoms with Crippen LogP contribution in [0.5, 0.6) is 11.5 Å². The molecule has 5 nitrogen and oxygen atoms in total. The van der Waals surface area contributed by atoms with Gasteiger partial charge in [0.05, 0.1) is 13.2 Å². The highest BCUT2D eigenvalue weighted by molar-refractivity contribution is 5.95. The van der Waals surface area contributed by atoms with Crippen molar-refractivity contribution in [3.05, 3.63) is 23.8 Å². The van der Waals surface area contributed by atoms with Gasteiger partial charge in [0.1, 0.15) is 0 Å². The van der Waals surface area contributed by atoms with E-state index in [2.05, 4.69) is 12.2 Å². The zero-order chi connectivity index (χ0) is 17.4. The number of ether oxygens (including phenoxy) is 2. The number of carbonyl (C=O) groups is 1. The van der Waals surface area contributed by atoms with Crippen LogP contribution in [-0.4, -0.2) is 50.7 Å². The van der Waals surface area contributed by atoms with Crippen molar-refractivity contribution in [3.63, 3.8) is 0 Å². The summed E-state index contributed by atoms with van der Waals surface area (Å²) in [6, 6.07) is 5.52. The number of rotatable bonds is 9. The molecule has 1 N–H and O–H groups in total. The van der Waals surface area contributed by atoms with Crippen molar-refractivity contribution >= 4 is 5.91 Å². The second kappa shape index (κ2) is 9.52. The average Bonchev–Trinajstić information content (AvgIpc) is 3.05. The first kappa shape index (κ1) is 18.6. The molecule has 0 radical (unpaired) electrons. The van der Waals surface area contributed by atoms with Crippen LogP contribution in [-0.2, 0) is 0 Å². The van der Waals surface area contributed by atoms with E-state index >= 15 is 0 Å². The lowest BCUT2D eigenvalue weighted by Gasteiger charge is -2.18. The Bertz CT molecular complexity index is 533. The standard InChI is InChI=1S/C19H30N2O3/c1-4-6-11-24-17-8-7-16(12-18(17)23-5-2)19(22)21-10-9-15(14-21)13-20-3/h7-8,12,15,20H,4-6,9-11,13-14H2,1-3H3. The normalized spacial score (nSPS) is 17.1. The summed E-state index contributed by atoms with van der Waals surface area (Å²) in [5.74, 6) is 2.00. The molecule has 0 saturated carbocycles. The zero-order valence-electron chi connectivity index (χ0n) is 15.1. The minimum atomic E-state index is 0.0784. The molecule has 1 unspecified atom stereocenters. The average molecular weight is 334 g/mol. The smallest absolute Gasteiger partial charge is 0.254 e. The van der Waals surface area contributed by atoms with Crippen LogP contribution < -0.4 is 14.8 Å². The van der Waals surface area contributed by atoms with Gasteiger partial charge in [-0.1, -0.05) is 13.3 Å². The molecule has 1 amide bonds. The minimum absolute atomic E-state index is 0.0784. The highest BCUT2D eigenvalue weighted by atomic mass is 16.5. The number of hydrogen-bond acceptors (Lipinski definition) is 4. The Kier molecular flexibility index (Phi) is 7.37. The molecular formula is C19H30N2O3. The van der Waals surface area contributed by atoms with Crippen molar-refractivity contribution in [2.45, 2.75) is 33.1 Å². The molecule has 1 atom stereocenters. The lowest BCUT2D eigenvalue weighted by Crippen LogP contribution is -2.30. The van der Waals surface area contributed by atoms with E-state index < -0.39 is 0 Å². The van der Waals surface area contributed by atoms with Crippen LogP contribution in [0.2, 0.25) is 0 Å². The van der Waals surface area contributed by atoms with E-state index in [1.165, 1.54) is 0 Å². The molecule has 1 fully saturated rings. The Balaban J connectivity index is 2.06. The maximum absolute atomic E-state index is 12.7. The van der Waals surface area contributed by atoms with E-state index in [4.69, 9.17) is 9.47 Å². The predicted molar refractivity (Wildman–Crippen MR) is 96.0 cm³/mol. The van der Waals surface area contributed by atoms with Crippen molar-refractivity contribution in [1.29, 1.82) is 0 Å². The summed E-state index contributed by atoms with van der Waals surface area (Å²) in [7, 11) is 1.95. The Labute approximate surface area is 145 Å². The summed E-state index contributed by atoms with van der Waals surface area (Å²) in [5.41, 5.74) is 0.673. The van der Waals surface area contributed by atoms with Crippen LogP contribution in [0.4, 0.5) is 0 Å². The first-order valence-electron chi connectivity index (χ1n) is 9.03. The molecule has 24 heavy (non-hydrogen) atoms. The van der Waals surface area contributed by atoms with Crippen molar-refractivity contribution < 1.29 is 14.3 Å². The van der Waals surface area contributed by atoms with Crippen molar-refractivity contribution in [1.82, 2.24) is 10.2 Å². The minimum Gasteiger partial charge on any atom is -0.490 e. The Hall–Kier alpha value is -1.75. The summed E-state index contributed by atoms with van der Waals surface area (Å²) >= 11 is 0. The predicted octanol–water partition coefficient (Wildman–Crippen LogP) is 2.95. The number of unbranched alkanes of at least 4 members (excludes halogenated alkanes) is 1. The van der Waals surface area contributed by atoms with E-state index in [-0.39, 0.29) is 5.91 Å². The van der Waals surface area contributed by atoms with Crippen LogP contribution in [0.1, 0.15) is 43.5 Å². The van der Waals surface area contributed by atoms with Gasteiger partial charge in [0.15, 0.2) is 11.5 Å². The number of benzene rings is 1. The van der Waals surface area contributed by atoms with Gasteiger partial charge in [-0.15, -0.1) is 0 Å². The number of amides is 1. The highest BCUT2D eigenvalue weighted by Crippen LogP contribution is 2.30. The SMILES string of the molecule is CCCCOc1ccc(C(=O)N2CCC(CNC)C2)cc1OCC. The van der Waals surface area contributed by atoms with E-state index in [0.29, 0.717) is 30.4 Å². The second-order valence-electron chi connectivity index (χ2n) is 6.26. The first-order chi connectivity index (χ1) is 11.7. The zero-order valence-corrected chi connectivity index (χ0v) is 15.1. The van der Waals surface area contributed by atoms with Crippen LogP contribution in [0.25, 0.3) is 0 Å². The number of likely N-dealkylation sites (tertiary alicyclic amines) is 1. The maximum atomic E-state index is 12.7. The molecule has 1 aliphatic rings. The summed E-state index contributed by atoms with van der Waals surface area (Å²) < 4.78 is 11.5. The fourth-order valence-corrected chi connectivity index (χ4v) is 3.01. The monoisotopic (exact) mass is 334 g/mol. The highest BCUT2D eigenvalue weighted by Gasteiger charge is 2.27. The number of hydrogen-bond donors (Lipinski definition) is 1. The molecule has 0 aliphatic carbocycles. The number of carbonyl (C=O) groups excluding carboxylic acids is 1. The van der Waals surface area contributed by atoms with Gasteiger partial charge in [-0.3, -0.25) is 4.79 Å². The van der Waals surface area contributed by atoms with Gasteiger partial charge in [0.2, 0.25) is 0 Å². The summed E-state index contributed by atoms with van der Waals surface area (Å²) in [5, 5.41) is 3.19. The van der Waals surface area contributed by atoms with Gasteiger partial charge in [-0.05, 0) is 57.5 Å². The Morgan fingerprint density at radius 1 is 1.29 bits per heavy atom. The largest absolute Gasteiger partial charge is 0.490 e. The van der Waals surface area contributed by atoms with E-state index in [1.807, 2.05) is 37.1 Å². The van der Waals surface area contributed by atoms with Gasteiger partial charge in [-0.2, -0.15) is 0 Å². The maximum Gasteiger partial charge on any atom is 0.254 e. The van der Waals surface area contributed by atoms with Crippen molar-refractivity contribution in [3.8, 4) is 11.5 Å². The molecule has 1 aromatic carbocycles. The quantitative estimate of drug-likeness (QED) is 0.706. The molecule has 134 valence electrons. The topological polar surface area (TPSA) is 50.8 Å². The van der Waals surface area contributed by atoms with E-state index in [9.17, 15) is 4.79 Å². The number of nitrogens with zero attached hydrogens (tertiary/aromatic N) is 1. The number of nitrogens with one attached hydrogen (secondary N) is 1. The third kappa shape index (κ3) is 4.87.